The van der Waals surface area contributed by atoms with Crippen molar-refractivity contribution in [2.75, 3.05) is 0 Å². The topological polar surface area (TPSA) is 39.2 Å². The monoisotopic (exact) mass is 293 g/mol. The van der Waals surface area contributed by atoms with Crippen molar-refractivity contribution >= 4 is 17.6 Å². The van der Waals surface area contributed by atoms with Crippen molar-refractivity contribution in [3.63, 3.8) is 0 Å². The minimum atomic E-state index is -0.302. The van der Waals surface area contributed by atoms with E-state index in [-0.39, 0.29) is 5.97 Å². The molecule has 0 saturated carbocycles. The van der Waals surface area contributed by atoms with Crippen LogP contribution in [-0.4, -0.2) is 11.0 Å². The lowest BCUT2D eigenvalue weighted by atomic mass is 9.89. The number of aryl methyl sites for hydroxylation is 2. The molecule has 22 heavy (non-hydrogen) atoms. The number of ether oxygens (including phenoxy) is 1. The van der Waals surface area contributed by atoms with Gasteiger partial charge in [0.2, 0.25) is 0 Å². The fourth-order valence-corrected chi connectivity index (χ4v) is 2.87. The molecule has 3 nitrogen and oxygen atoms in total. The number of aromatic nitrogens is 1. The van der Waals surface area contributed by atoms with Crippen molar-refractivity contribution in [2.24, 2.45) is 0 Å². The molecule has 0 saturated heterocycles. The average Bonchev–Trinajstić information content (AvgIpc) is 2.48. The molecule has 0 aliphatic heterocycles. The normalized spacial score (nSPS) is 15.5. The van der Waals surface area contributed by atoms with Gasteiger partial charge in [0.05, 0.1) is 5.69 Å². The number of pyridine rings is 1. The zero-order valence-electron chi connectivity index (χ0n) is 12.9. The molecule has 1 aromatic heterocycles. The fraction of sp³-hybridized carbons (Fsp3) is 0.263. The second-order valence-electron chi connectivity index (χ2n) is 5.67. The zero-order chi connectivity index (χ0) is 15.5. The van der Waals surface area contributed by atoms with Gasteiger partial charge in [-0.2, -0.15) is 0 Å². The molecular formula is C19H19NO2. The Kier molecular flexibility index (Phi) is 4.05. The number of carbonyl (C=O) groups is 1. The number of rotatable bonds is 2. The molecule has 1 aromatic carbocycles. The number of nitrogens with zero attached hydrogens (tertiary/aromatic N) is 1. The molecule has 0 spiro atoms. The highest BCUT2D eigenvalue weighted by Crippen LogP contribution is 2.33. The summed E-state index contributed by atoms with van der Waals surface area (Å²) in [5, 5.41) is 0. The molecule has 0 N–H and O–H groups in total. The standard InChI is InChI=1S/C19H19NO2/c1-13-10-16-7-5-8-17(19(16)20-12-13)11-15-6-3-4-9-18(15)22-14(2)21/h3-4,6,9-12H,5,7-8H2,1-2H3/b17-11-. The van der Waals surface area contributed by atoms with Crippen LogP contribution in [0.4, 0.5) is 0 Å². The molecular weight excluding hydrogens is 274 g/mol. The first-order chi connectivity index (χ1) is 10.6. The summed E-state index contributed by atoms with van der Waals surface area (Å²) in [6.07, 6.45) is 7.21. The smallest absolute Gasteiger partial charge is 0.308 e. The highest BCUT2D eigenvalue weighted by molar-refractivity contribution is 5.84. The second-order valence-corrected chi connectivity index (χ2v) is 5.67. The first-order valence-corrected chi connectivity index (χ1v) is 7.57. The number of benzene rings is 1. The third kappa shape index (κ3) is 3.08. The van der Waals surface area contributed by atoms with Crippen molar-refractivity contribution in [2.45, 2.75) is 33.1 Å². The Hall–Kier alpha value is -2.42. The summed E-state index contributed by atoms with van der Waals surface area (Å²) in [6.45, 7) is 3.49. The Balaban J connectivity index is 2.02. The van der Waals surface area contributed by atoms with Crippen LogP contribution >= 0.6 is 0 Å². The summed E-state index contributed by atoms with van der Waals surface area (Å²) in [6, 6.07) is 9.82. The Bertz CT molecular complexity index is 747. The van der Waals surface area contributed by atoms with Crippen LogP contribution in [-0.2, 0) is 11.2 Å². The molecule has 0 atom stereocenters. The van der Waals surface area contributed by atoms with E-state index in [4.69, 9.17) is 4.74 Å². The van der Waals surface area contributed by atoms with Gasteiger partial charge in [-0.1, -0.05) is 24.3 Å². The Morgan fingerprint density at radius 2 is 2.09 bits per heavy atom. The van der Waals surface area contributed by atoms with Crippen molar-refractivity contribution < 1.29 is 9.53 Å². The SMILES string of the molecule is CC(=O)Oc1ccccc1/C=C1/CCCc2cc(C)cnc21. The lowest BCUT2D eigenvalue weighted by molar-refractivity contribution is -0.131. The minimum Gasteiger partial charge on any atom is -0.426 e. The molecule has 3 rings (SSSR count). The van der Waals surface area contributed by atoms with Crippen LogP contribution < -0.4 is 4.74 Å². The maximum Gasteiger partial charge on any atom is 0.308 e. The van der Waals surface area contributed by atoms with Crippen LogP contribution in [0.5, 0.6) is 5.75 Å². The van der Waals surface area contributed by atoms with E-state index in [1.165, 1.54) is 23.6 Å². The lowest BCUT2D eigenvalue weighted by Crippen LogP contribution is -2.05. The largest absolute Gasteiger partial charge is 0.426 e. The minimum absolute atomic E-state index is 0.302. The fourth-order valence-electron chi connectivity index (χ4n) is 2.87. The summed E-state index contributed by atoms with van der Waals surface area (Å²) >= 11 is 0. The first kappa shape index (κ1) is 14.5. The van der Waals surface area contributed by atoms with E-state index in [0.717, 1.165) is 30.5 Å². The third-order valence-electron chi connectivity index (χ3n) is 3.80. The number of esters is 1. The van der Waals surface area contributed by atoms with E-state index in [1.54, 1.807) is 0 Å². The number of para-hydroxylation sites is 1. The zero-order valence-corrected chi connectivity index (χ0v) is 12.9. The summed E-state index contributed by atoms with van der Waals surface area (Å²) in [5.74, 6) is 0.297. The molecule has 2 aromatic rings. The van der Waals surface area contributed by atoms with Gasteiger partial charge in [-0.25, -0.2) is 0 Å². The van der Waals surface area contributed by atoms with Crippen LogP contribution in [0.1, 0.15) is 42.1 Å². The molecule has 1 heterocycles. The predicted octanol–water partition coefficient (Wildman–Crippen LogP) is 4.19. The number of carbonyl (C=O) groups excluding carboxylic acids is 1. The number of fused-ring (bicyclic) bond motifs is 1. The predicted molar refractivity (Wildman–Crippen MR) is 87.5 cm³/mol. The Labute approximate surface area is 130 Å². The van der Waals surface area contributed by atoms with Crippen LogP contribution in [0.15, 0.2) is 36.5 Å². The molecule has 0 fully saturated rings. The van der Waals surface area contributed by atoms with Gasteiger partial charge in [0.1, 0.15) is 5.75 Å². The molecule has 3 heteroatoms. The maximum absolute atomic E-state index is 11.2. The molecule has 0 amide bonds. The van der Waals surface area contributed by atoms with Crippen molar-refractivity contribution in [1.82, 2.24) is 4.98 Å². The van der Waals surface area contributed by atoms with E-state index in [1.807, 2.05) is 30.5 Å². The summed E-state index contributed by atoms with van der Waals surface area (Å²) in [5.41, 5.74) is 5.71. The Morgan fingerprint density at radius 1 is 1.27 bits per heavy atom. The highest BCUT2D eigenvalue weighted by atomic mass is 16.5. The molecule has 0 radical (unpaired) electrons. The van der Waals surface area contributed by atoms with Gasteiger partial charge in [0.15, 0.2) is 0 Å². The quantitative estimate of drug-likeness (QED) is 0.615. The Morgan fingerprint density at radius 3 is 2.91 bits per heavy atom. The second kappa shape index (κ2) is 6.14. The van der Waals surface area contributed by atoms with Gasteiger partial charge in [-0.3, -0.25) is 9.78 Å². The van der Waals surface area contributed by atoms with E-state index in [2.05, 4.69) is 24.1 Å². The molecule has 1 aliphatic carbocycles. The van der Waals surface area contributed by atoms with Gasteiger partial charge in [0, 0.05) is 18.7 Å². The van der Waals surface area contributed by atoms with Crippen molar-refractivity contribution in [1.29, 1.82) is 0 Å². The summed E-state index contributed by atoms with van der Waals surface area (Å²) < 4.78 is 5.29. The number of allylic oxidation sites excluding steroid dienone is 1. The van der Waals surface area contributed by atoms with Gasteiger partial charge in [-0.15, -0.1) is 0 Å². The number of hydrogen-bond donors (Lipinski definition) is 0. The van der Waals surface area contributed by atoms with Crippen LogP contribution in [0.3, 0.4) is 0 Å². The number of hydrogen-bond acceptors (Lipinski definition) is 3. The highest BCUT2D eigenvalue weighted by Gasteiger charge is 2.16. The molecule has 0 bridgehead atoms. The van der Waals surface area contributed by atoms with Crippen molar-refractivity contribution in [3.8, 4) is 5.75 Å². The van der Waals surface area contributed by atoms with Crippen molar-refractivity contribution in [3.05, 3.63) is 58.9 Å². The van der Waals surface area contributed by atoms with Gasteiger partial charge in [-0.05, 0) is 55.0 Å². The maximum atomic E-state index is 11.2. The summed E-state index contributed by atoms with van der Waals surface area (Å²) in [4.78, 5) is 15.8. The van der Waals surface area contributed by atoms with Gasteiger partial charge in [0.25, 0.3) is 0 Å². The first-order valence-electron chi connectivity index (χ1n) is 7.57. The summed E-state index contributed by atoms with van der Waals surface area (Å²) in [7, 11) is 0. The van der Waals surface area contributed by atoms with E-state index < -0.39 is 0 Å². The lowest BCUT2D eigenvalue weighted by Gasteiger charge is -2.19. The molecule has 112 valence electrons. The molecule has 1 aliphatic rings. The molecule has 0 unspecified atom stereocenters. The van der Waals surface area contributed by atoms with Crippen LogP contribution in [0.2, 0.25) is 0 Å². The van der Waals surface area contributed by atoms with Gasteiger partial charge < -0.3 is 4.74 Å². The van der Waals surface area contributed by atoms with Gasteiger partial charge >= 0.3 is 5.97 Å². The van der Waals surface area contributed by atoms with E-state index in [0.29, 0.717) is 5.75 Å². The third-order valence-corrected chi connectivity index (χ3v) is 3.80. The van der Waals surface area contributed by atoms with Crippen LogP contribution in [0, 0.1) is 6.92 Å². The van der Waals surface area contributed by atoms with E-state index >= 15 is 0 Å². The average molecular weight is 293 g/mol. The van der Waals surface area contributed by atoms with Crippen LogP contribution in [0.25, 0.3) is 11.6 Å². The van der Waals surface area contributed by atoms with E-state index in [9.17, 15) is 4.79 Å².